The molecule has 2 nitrogen and oxygen atoms in total. The predicted octanol–water partition coefficient (Wildman–Crippen LogP) is 2.23. The van der Waals surface area contributed by atoms with Crippen LogP contribution in [-0.2, 0) is 10.3 Å². The fraction of sp³-hybridized carbons (Fsp3) is 0.455. The summed E-state index contributed by atoms with van der Waals surface area (Å²) in [5.74, 6) is 0. The molecule has 0 saturated heterocycles. The van der Waals surface area contributed by atoms with Crippen molar-refractivity contribution in [3.8, 4) is 0 Å². The number of hydrogen-bond donors (Lipinski definition) is 1. The van der Waals surface area contributed by atoms with Crippen LogP contribution in [0.5, 0.6) is 0 Å². The molecule has 3 heteroatoms. The lowest BCUT2D eigenvalue weighted by Crippen LogP contribution is -2.33. The van der Waals surface area contributed by atoms with Crippen molar-refractivity contribution in [1.82, 2.24) is 0 Å². The number of ether oxygens (including phenoxy) is 1. The molecule has 0 heterocycles. The fourth-order valence-electron chi connectivity index (χ4n) is 1.27. The Morgan fingerprint density at radius 2 is 2.21 bits per heavy atom. The lowest BCUT2D eigenvalue weighted by molar-refractivity contribution is 0.00991. The van der Waals surface area contributed by atoms with Crippen molar-refractivity contribution in [2.24, 2.45) is 5.73 Å². The summed E-state index contributed by atoms with van der Waals surface area (Å²) in [7, 11) is 1.69. The first-order chi connectivity index (χ1) is 6.66. The summed E-state index contributed by atoms with van der Waals surface area (Å²) < 4.78 is 5.44. The molecule has 0 fully saturated rings. The Morgan fingerprint density at radius 1 is 1.50 bits per heavy atom. The number of hydrogen-bond acceptors (Lipinski definition) is 3. The van der Waals surface area contributed by atoms with Gasteiger partial charge in [-0.1, -0.05) is 12.1 Å². The molecule has 78 valence electrons. The minimum absolute atomic E-state index is 0.369. The van der Waals surface area contributed by atoms with Crippen LogP contribution in [0.2, 0.25) is 0 Å². The van der Waals surface area contributed by atoms with Crippen LogP contribution in [0.1, 0.15) is 12.5 Å². The average molecular weight is 211 g/mol. The zero-order chi connectivity index (χ0) is 10.6. The molecule has 0 bridgehead atoms. The molecule has 1 atom stereocenters. The van der Waals surface area contributed by atoms with Crippen LogP contribution < -0.4 is 5.73 Å². The third-order valence-electron chi connectivity index (χ3n) is 2.52. The van der Waals surface area contributed by atoms with Gasteiger partial charge in [0.2, 0.25) is 0 Å². The summed E-state index contributed by atoms with van der Waals surface area (Å²) in [6.45, 7) is 2.49. The van der Waals surface area contributed by atoms with Gasteiger partial charge < -0.3 is 10.5 Å². The second kappa shape index (κ2) is 4.82. The van der Waals surface area contributed by atoms with Gasteiger partial charge in [0.05, 0.1) is 0 Å². The third-order valence-corrected chi connectivity index (χ3v) is 3.25. The summed E-state index contributed by atoms with van der Waals surface area (Å²) in [5.41, 5.74) is 6.47. The Morgan fingerprint density at radius 3 is 2.71 bits per heavy atom. The summed E-state index contributed by atoms with van der Waals surface area (Å²) in [4.78, 5) is 1.24. The molecule has 1 aromatic rings. The first kappa shape index (κ1) is 11.6. The highest BCUT2D eigenvalue weighted by Gasteiger charge is 2.24. The van der Waals surface area contributed by atoms with Gasteiger partial charge in [0.1, 0.15) is 5.60 Å². The van der Waals surface area contributed by atoms with E-state index in [1.807, 2.05) is 13.0 Å². The highest BCUT2D eigenvalue weighted by atomic mass is 32.2. The highest BCUT2D eigenvalue weighted by molar-refractivity contribution is 7.98. The fourth-order valence-corrected chi connectivity index (χ4v) is 1.73. The standard InChI is InChI=1S/C11H17NOS/c1-11(8-12,13-2)9-5-4-6-10(7-9)14-3/h4-7H,8,12H2,1-3H3. The van der Waals surface area contributed by atoms with E-state index in [1.165, 1.54) is 4.90 Å². The zero-order valence-corrected chi connectivity index (χ0v) is 9.73. The van der Waals surface area contributed by atoms with Crippen LogP contribution in [0.3, 0.4) is 0 Å². The second-order valence-corrected chi connectivity index (χ2v) is 4.25. The molecule has 0 radical (unpaired) electrons. The first-order valence-electron chi connectivity index (χ1n) is 4.56. The molecule has 0 aromatic heterocycles. The van der Waals surface area contributed by atoms with Gasteiger partial charge in [0.15, 0.2) is 0 Å². The van der Waals surface area contributed by atoms with Gasteiger partial charge in [-0.2, -0.15) is 0 Å². The van der Waals surface area contributed by atoms with E-state index in [0.717, 1.165) is 5.56 Å². The van der Waals surface area contributed by atoms with Crippen LogP contribution in [-0.4, -0.2) is 19.9 Å². The molecule has 0 saturated carbocycles. The summed E-state index contributed by atoms with van der Waals surface area (Å²) in [5, 5.41) is 0. The van der Waals surface area contributed by atoms with E-state index in [2.05, 4.69) is 24.5 Å². The van der Waals surface area contributed by atoms with Crippen molar-refractivity contribution < 1.29 is 4.74 Å². The van der Waals surface area contributed by atoms with E-state index in [9.17, 15) is 0 Å². The van der Waals surface area contributed by atoms with Gasteiger partial charge >= 0.3 is 0 Å². The molecule has 14 heavy (non-hydrogen) atoms. The van der Waals surface area contributed by atoms with Crippen LogP contribution in [0, 0.1) is 0 Å². The lowest BCUT2D eigenvalue weighted by atomic mass is 9.96. The molecule has 1 aromatic carbocycles. The van der Waals surface area contributed by atoms with E-state index in [0.29, 0.717) is 6.54 Å². The normalized spacial score (nSPS) is 15.1. The second-order valence-electron chi connectivity index (χ2n) is 3.37. The van der Waals surface area contributed by atoms with Gasteiger partial charge in [-0.3, -0.25) is 0 Å². The monoisotopic (exact) mass is 211 g/mol. The van der Waals surface area contributed by atoms with Crippen molar-refractivity contribution in [1.29, 1.82) is 0 Å². The Balaban J connectivity index is 3.04. The summed E-state index contributed by atoms with van der Waals surface area (Å²) in [6.07, 6.45) is 2.06. The Kier molecular flexibility index (Phi) is 3.98. The molecule has 0 aliphatic heterocycles. The Labute approximate surface area is 89.8 Å². The van der Waals surface area contributed by atoms with Crippen LogP contribution >= 0.6 is 11.8 Å². The van der Waals surface area contributed by atoms with E-state index >= 15 is 0 Å². The molecule has 1 rings (SSSR count). The van der Waals surface area contributed by atoms with Crippen molar-refractivity contribution in [3.05, 3.63) is 29.8 Å². The van der Waals surface area contributed by atoms with Crippen LogP contribution in [0.4, 0.5) is 0 Å². The summed E-state index contributed by atoms with van der Waals surface area (Å²) >= 11 is 1.72. The molecular weight excluding hydrogens is 194 g/mol. The van der Waals surface area contributed by atoms with Crippen molar-refractivity contribution in [2.45, 2.75) is 17.4 Å². The van der Waals surface area contributed by atoms with Gasteiger partial charge in [-0.25, -0.2) is 0 Å². The molecule has 0 spiro atoms. The summed E-state index contributed by atoms with van der Waals surface area (Å²) in [6, 6.07) is 8.30. The van der Waals surface area contributed by atoms with E-state index in [-0.39, 0.29) is 5.60 Å². The van der Waals surface area contributed by atoms with Gasteiger partial charge in [0, 0.05) is 18.6 Å². The molecule has 0 amide bonds. The van der Waals surface area contributed by atoms with Crippen LogP contribution in [0.15, 0.2) is 29.2 Å². The maximum absolute atomic E-state index is 5.71. The van der Waals surface area contributed by atoms with Crippen molar-refractivity contribution >= 4 is 11.8 Å². The SMILES string of the molecule is COC(C)(CN)c1cccc(SC)c1. The molecule has 1 unspecified atom stereocenters. The molecule has 2 N–H and O–H groups in total. The number of benzene rings is 1. The van der Waals surface area contributed by atoms with E-state index in [1.54, 1.807) is 18.9 Å². The van der Waals surface area contributed by atoms with Crippen LogP contribution in [0.25, 0.3) is 0 Å². The van der Waals surface area contributed by atoms with E-state index < -0.39 is 0 Å². The maximum atomic E-state index is 5.71. The maximum Gasteiger partial charge on any atom is 0.102 e. The van der Waals surface area contributed by atoms with Crippen molar-refractivity contribution in [2.75, 3.05) is 19.9 Å². The highest BCUT2D eigenvalue weighted by Crippen LogP contribution is 2.26. The minimum Gasteiger partial charge on any atom is -0.372 e. The third kappa shape index (κ3) is 2.29. The topological polar surface area (TPSA) is 35.2 Å². The minimum atomic E-state index is -0.369. The lowest BCUT2D eigenvalue weighted by Gasteiger charge is -2.27. The number of methoxy groups -OCH3 is 1. The zero-order valence-electron chi connectivity index (χ0n) is 8.91. The molecular formula is C11H17NOS. The smallest absolute Gasteiger partial charge is 0.102 e. The number of thioether (sulfide) groups is 1. The van der Waals surface area contributed by atoms with Crippen molar-refractivity contribution in [3.63, 3.8) is 0 Å². The van der Waals surface area contributed by atoms with Gasteiger partial charge in [-0.05, 0) is 30.9 Å². The average Bonchev–Trinajstić information content (AvgIpc) is 2.28. The van der Waals surface area contributed by atoms with E-state index in [4.69, 9.17) is 10.5 Å². The van der Waals surface area contributed by atoms with Gasteiger partial charge in [0.25, 0.3) is 0 Å². The Hall–Kier alpha value is -0.510. The number of nitrogens with two attached hydrogens (primary N) is 1. The molecule has 0 aliphatic rings. The predicted molar refractivity (Wildman–Crippen MR) is 61.6 cm³/mol. The van der Waals surface area contributed by atoms with Gasteiger partial charge in [-0.15, -0.1) is 11.8 Å². The first-order valence-corrected chi connectivity index (χ1v) is 5.78. The Bertz CT molecular complexity index is 297. The molecule has 0 aliphatic carbocycles. The largest absolute Gasteiger partial charge is 0.372 e. The number of rotatable bonds is 4. The quantitative estimate of drug-likeness (QED) is 0.776.